The van der Waals surface area contributed by atoms with Crippen LogP contribution in [0.1, 0.15) is 13.3 Å². The average molecular weight is 277 g/mol. The Bertz CT molecular complexity index is 481. The summed E-state index contributed by atoms with van der Waals surface area (Å²) in [6, 6.07) is 0. The van der Waals surface area contributed by atoms with Crippen LogP contribution in [-0.2, 0) is 21.8 Å². The van der Waals surface area contributed by atoms with Gasteiger partial charge in [0.15, 0.2) is 5.03 Å². The number of rotatable bonds is 7. The minimum absolute atomic E-state index is 0.0625. The molecule has 18 heavy (non-hydrogen) atoms. The number of methoxy groups -OCH3 is 1. The summed E-state index contributed by atoms with van der Waals surface area (Å²) in [6.07, 6.45) is 3.14. The molecule has 1 unspecified atom stereocenters. The molecule has 0 aliphatic carbocycles. The van der Waals surface area contributed by atoms with E-state index < -0.39 is 15.6 Å². The Hall–Kier alpha value is -0.960. The molecule has 0 aliphatic rings. The molecule has 104 valence electrons. The van der Waals surface area contributed by atoms with Crippen molar-refractivity contribution in [3.05, 3.63) is 12.5 Å². The molecule has 1 aromatic rings. The number of aromatic nitrogens is 2. The van der Waals surface area contributed by atoms with Gasteiger partial charge >= 0.3 is 0 Å². The highest BCUT2D eigenvalue weighted by Gasteiger charge is 2.25. The molecule has 2 N–H and O–H groups in total. The largest absolute Gasteiger partial charge is 0.389 e. The van der Waals surface area contributed by atoms with E-state index in [1.54, 1.807) is 14.0 Å². The average Bonchev–Trinajstić information content (AvgIpc) is 2.72. The van der Waals surface area contributed by atoms with Crippen molar-refractivity contribution in [3.63, 3.8) is 0 Å². The van der Waals surface area contributed by atoms with E-state index in [0.717, 1.165) is 0 Å². The van der Waals surface area contributed by atoms with Gasteiger partial charge in [-0.25, -0.2) is 18.1 Å². The highest BCUT2D eigenvalue weighted by Crippen LogP contribution is 2.10. The lowest BCUT2D eigenvalue weighted by Crippen LogP contribution is -2.41. The highest BCUT2D eigenvalue weighted by molar-refractivity contribution is 7.89. The van der Waals surface area contributed by atoms with Gasteiger partial charge in [-0.1, -0.05) is 0 Å². The Morgan fingerprint density at radius 1 is 1.61 bits per heavy atom. The molecule has 1 atom stereocenters. The van der Waals surface area contributed by atoms with Gasteiger partial charge in [0.1, 0.15) is 0 Å². The summed E-state index contributed by atoms with van der Waals surface area (Å²) in [5, 5.41) is 9.87. The van der Waals surface area contributed by atoms with Crippen molar-refractivity contribution in [1.82, 2.24) is 14.3 Å². The molecular formula is C10H19N3O4S. The normalized spacial score (nSPS) is 15.6. The van der Waals surface area contributed by atoms with E-state index in [1.165, 1.54) is 24.2 Å². The monoisotopic (exact) mass is 277 g/mol. The first-order valence-corrected chi connectivity index (χ1v) is 6.94. The van der Waals surface area contributed by atoms with Crippen LogP contribution in [0.2, 0.25) is 0 Å². The summed E-state index contributed by atoms with van der Waals surface area (Å²) in [5.41, 5.74) is -1.15. The van der Waals surface area contributed by atoms with Crippen LogP contribution in [0.5, 0.6) is 0 Å². The second kappa shape index (κ2) is 5.79. The van der Waals surface area contributed by atoms with Gasteiger partial charge in [-0.3, -0.25) is 0 Å². The maximum Gasteiger partial charge on any atom is 0.259 e. The van der Waals surface area contributed by atoms with Gasteiger partial charge in [0.2, 0.25) is 0 Å². The third-order valence-corrected chi connectivity index (χ3v) is 3.73. The second-order valence-corrected chi connectivity index (χ2v) is 6.16. The summed E-state index contributed by atoms with van der Waals surface area (Å²) in [7, 11) is -0.477. The highest BCUT2D eigenvalue weighted by atomic mass is 32.2. The molecule has 0 saturated heterocycles. The molecular weight excluding hydrogens is 258 g/mol. The van der Waals surface area contributed by atoms with Crippen LogP contribution in [0.15, 0.2) is 17.6 Å². The number of nitrogens with zero attached hydrogens (tertiary/aromatic N) is 2. The Labute approximate surface area is 107 Å². The minimum Gasteiger partial charge on any atom is -0.389 e. The third kappa shape index (κ3) is 4.37. The summed E-state index contributed by atoms with van der Waals surface area (Å²) < 4.78 is 32.4. The topological polar surface area (TPSA) is 93.5 Å². The van der Waals surface area contributed by atoms with E-state index in [4.69, 9.17) is 4.74 Å². The van der Waals surface area contributed by atoms with Crippen molar-refractivity contribution in [2.75, 3.05) is 20.3 Å². The van der Waals surface area contributed by atoms with Gasteiger partial charge in [0, 0.05) is 39.9 Å². The van der Waals surface area contributed by atoms with Gasteiger partial charge in [-0.2, -0.15) is 0 Å². The van der Waals surface area contributed by atoms with Crippen LogP contribution < -0.4 is 4.72 Å². The number of nitrogens with one attached hydrogen (secondary N) is 1. The van der Waals surface area contributed by atoms with Crippen LogP contribution in [0.25, 0.3) is 0 Å². The zero-order chi connectivity index (χ0) is 13.8. The molecule has 0 saturated carbocycles. The molecule has 0 aromatic carbocycles. The maximum atomic E-state index is 11.8. The fourth-order valence-corrected chi connectivity index (χ4v) is 2.40. The number of hydrogen-bond acceptors (Lipinski definition) is 5. The van der Waals surface area contributed by atoms with Crippen molar-refractivity contribution in [2.24, 2.45) is 7.05 Å². The molecule has 0 amide bonds. The predicted octanol–water partition coefficient (Wildman–Crippen LogP) is -0.514. The van der Waals surface area contributed by atoms with E-state index in [1.807, 2.05) is 0 Å². The SMILES string of the molecule is COCCC(C)(O)CNS(=O)(=O)c1cn(C)cn1. The van der Waals surface area contributed by atoms with Crippen molar-refractivity contribution in [2.45, 2.75) is 24.0 Å². The molecule has 7 nitrogen and oxygen atoms in total. The minimum atomic E-state index is -3.68. The van der Waals surface area contributed by atoms with Crippen molar-refractivity contribution in [3.8, 4) is 0 Å². The molecule has 8 heteroatoms. The van der Waals surface area contributed by atoms with Crippen molar-refractivity contribution < 1.29 is 18.3 Å². The molecule has 0 spiro atoms. The zero-order valence-electron chi connectivity index (χ0n) is 10.8. The predicted molar refractivity (Wildman–Crippen MR) is 65.5 cm³/mol. The standard InChI is InChI=1S/C10H19N3O4S/c1-10(14,4-5-17-3)7-12-18(15,16)9-6-13(2)8-11-9/h6,8,12,14H,4-5,7H2,1-3H3. The van der Waals surface area contributed by atoms with Gasteiger partial charge in [0.25, 0.3) is 10.0 Å². The van der Waals surface area contributed by atoms with Crippen LogP contribution in [0, 0.1) is 0 Å². The molecule has 0 aliphatic heterocycles. The Kier molecular flexibility index (Phi) is 4.85. The quantitative estimate of drug-likeness (QED) is 0.700. The first kappa shape index (κ1) is 15.1. The van der Waals surface area contributed by atoms with Crippen LogP contribution in [0.4, 0.5) is 0 Å². The molecule has 1 heterocycles. The van der Waals surface area contributed by atoms with E-state index in [9.17, 15) is 13.5 Å². The smallest absolute Gasteiger partial charge is 0.259 e. The fraction of sp³-hybridized carbons (Fsp3) is 0.700. The van der Waals surface area contributed by atoms with E-state index in [0.29, 0.717) is 13.0 Å². The van der Waals surface area contributed by atoms with Crippen molar-refractivity contribution in [1.29, 1.82) is 0 Å². The Morgan fingerprint density at radius 3 is 2.78 bits per heavy atom. The van der Waals surface area contributed by atoms with Gasteiger partial charge in [0.05, 0.1) is 11.9 Å². The van der Waals surface area contributed by atoms with Gasteiger partial charge in [-0.15, -0.1) is 0 Å². The molecule has 0 fully saturated rings. The van der Waals surface area contributed by atoms with E-state index >= 15 is 0 Å². The fourth-order valence-electron chi connectivity index (χ4n) is 1.26. The Morgan fingerprint density at radius 2 is 2.28 bits per heavy atom. The molecule has 1 rings (SSSR count). The van der Waals surface area contributed by atoms with Crippen LogP contribution in [0.3, 0.4) is 0 Å². The number of ether oxygens (including phenoxy) is 1. The number of imidazole rings is 1. The maximum absolute atomic E-state index is 11.8. The van der Waals surface area contributed by atoms with E-state index in [-0.39, 0.29) is 11.6 Å². The summed E-state index contributed by atoms with van der Waals surface area (Å²) >= 11 is 0. The van der Waals surface area contributed by atoms with Gasteiger partial charge in [-0.05, 0) is 6.92 Å². The lowest BCUT2D eigenvalue weighted by atomic mass is 10.0. The second-order valence-electron chi connectivity index (χ2n) is 4.44. The lowest BCUT2D eigenvalue weighted by molar-refractivity contribution is 0.0292. The van der Waals surface area contributed by atoms with Crippen LogP contribution in [-0.4, -0.2) is 48.9 Å². The lowest BCUT2D eigenvalue weighted by Gasteiger charge is -2.22. The Balaban J connectivity index is 2.62. The first-order chi connectivity index (χ1) is 8.27. The zero-order valence-corrected chi connectivity index (χ0v) is 11.6. The number of sulfonamides is 1. The van der Waals surface area contributed by atoms with Crippen molar-refractivity contribution >= 4 is 10.0 Å². The molecule has 0 bridgehead atoms. The molecule has 1 aromatic heterocycles. The first-order valence-electron chi connectivity index (χ1n) is 5.46. The van der Waals surface area contributed by atoms with E-state index in [2.05, 4.69) is 9.71 Å². The molecule has 0 radical (unpaired) electrons. The summed E-state index contributed by atoms with van der Waals surface area (Å²) in [5.74, 6) is 0. The summed E-state index contributed by atoms with van der Waals surface area (Å²) in [6.45, 7) is 1.82. The number of hydrogen-bond donors (Lipinski definition) is 2. The summed E-state index contributed by atoms with van der Waals surface area (Å²) in [4.78, 5) is 3.76. The number of aryl methyl sites for hydroxylation is 1. The van der Waals surface area contributed by atoms with Crippen LogP contribution >= 0.6 is 0 Å². The van der Waals surface area contributed by atoms with Gasteiger partial charge < -0.3 is 14.4 Å². The number of aliphatic hydroxyl groups is 1. The third-order valence-electron chi connectivity index (χ3n) is 2.44.